The molecule has 1 aliphatic heterocycles. The van der Waals surface area contributed by atoms with Gasteiger partial charge in [0.15, 0.2) is 9.84 Å². The van der Waals surface area contributed by atoms with E-state index < -0.39 is 15.4 Å². The zero-order valence-electron chi connectivity index (χ0n) is 13.0. The van der Waals surface area contributed by atoms with Gasteiger partial charge in [0.2, 0.25) is 0 Å². The van der Waals surface area contributed by atoms with Crippen molar-refractivity contribution in [2.75, 3.05) is 11.5 Å². The Kier molecular flexibility index (Phi) is 4.05. The molecule has 5 nitrogen and oxygen atoms in total. The zero-order chi connectivity index (χ0) is 16.0. The molecule has 1 unspecified atom stereocenters. The van der Waals surface area contributed by atoms with Gasteiger partial charge in [-0.25, -0.2) is 13.4 Å². The average Bonchev–Trinajstić information content (AvgIpc) is 3.09. The standard InChI is InChI=1S/C15H22N2O3S2/c1-10-12(21-14(16-10)11-5-3-4-6-11)13(18)17-15(2)7-8-22(19,20)9-15/h11H,3-9H2,1-2H3,(H,17,18). The summed E-state index contributed by atoms with van der Waals surface area (Å²) >= 11 is 1.47. The summed E-state index contributed by atoms with van der Waals surface area (Å²) in [5.41, 5.74) is 0.105. The van der Waals surface area contributed by atoms with Crippen LogP contribution >= 0.6 is 11.3 Å². The Hall–Kier alpha value is -0.950. The first-order valence-corrected chi connectivity index (χ1v) is 10.4. The van der Waals surface area contributed by atoms with Crippen LogP contribution < -0.4 is 5.32 Å². The highest BCUT2D eigenvalue weighted by Crippen LogP contribution is 2.37. The summed E-state index contributed by atoms with van der Waals surface area (Å²) in [6, 6.07) is 0. The first-order chi connectivity index (χ1) is 10.3. The molecule has 1 aliphatic carbocycles. The molecular formula is C15H22N2O3S2. The molecule has 22 heavy (non-hydrogen) atoms. The Morgan fingerprint density at radius 3 is 2.64 bits per heavy atom. The molecule has 122 valence electrons. The van der Waals surface area contributed by atoms with Crippen LogP contribution in [0.25, 0.3) is 0 Å². The number of nitrogens with one attached hydrogen (secondary N) is 1. The molecule has 1 N–H and O–H groups in total. The molecule has 1 aromatic heterocycles. The third kappa shape index (κ3) is 3.20. The van der Waals surface area contributed by atoms with Gasteiger partial charge in [0.05, 0.1) is 27.7 Å². The van der Waals surface area contributed by atoms with Crippen LogP contribution in [-0.2, 0) is 9.84 Å². The van der Waals surface area contributed by atoms with E-state index >= 15 is 0 Å². The molecule has 3 rings (SSSR count). The first kappa shape index (κ1) is 15.9. The van der Waals surface area contributed by atoms with Gasteiger partial charge in [-0.2, -0.15) is 0 Å². The van der Waals surface area contributed by atoms with Crippen LogP contribution in [0.3, 0.4) is 0 Å². The van der Waals surface area contributed by atoms with E-state index in [9.17, 15) is 13.2 Å². The third-order valence-corrected chi connectivity index (χ3v) is 7.86. The van der Waals surface area contributed by atoms with E-state index in [0.29, 0.717) is 17.2 Å². The van der Waals surface area contributed by atoms with Gasteiger partial charge in [0.25, 0.3) is 5.91 Å². The molecule has 0 radical (unpaired) electrons. The van der Waals surface area contributed by atoms with Crippen molar-refractivity contribution in [2.45, 2.75) is 57.4 Å². The van der Waals surface area contributed by atoms with Crippen molar-refractivity contribution in [3.63, 3.8) is 0 Å². The van der Waals surface area contributed by atoms with E-state index in [1.165, 1.54) is 24.2 Å². The number of hydrogen-bond donors (Lipinski definition) is 1. The number of carbonyl (C=O) groups excluding carboxylic acids is 1. The minimum atomic E-state index is -3.03. The van der Waals surface area contributed by atoms with E-state index in [1.807, 2.05) is 13.8 Å². The van der Waals surface area contributed by atoms with E-state index in [4.69, 9.17) is 0 Å². The molecule has 0 bridgehead atoms. The summed E-state index contributed by atoms with van der Waals surface area (Å²) < 4.78 is 23.3. The summed E-state index contributed by atoms with van der Waals surface area (Å²) in [6.45, 7) is 3.67. The number of aryl methyl sites for hydroxylation is 1. The maximum atomic E-state index is 12.5. The van der Waals surface area contributed by atoms with E-state index in [-0.39, 0.29) is 17.4 Å². The highest BCUT2D eigenvalue weighted by molar-refractivity contribution is 7.91. The number of hydrogen-bond acceptors (Lipinski definition) is 5. The number of nitrogens with zero attached hydrogens (tertiary/aromatic N) is 1. The van der Waals surface area contributed by atoms with E-state index in [2.05, 4.69) is 10.3 Å². The topological polar surface area (TPSA) is 76.1 Å². The predicted octanol–water partition coefficient (Wildman–Crippen LogP) is 2.42. The van der Waals surface area contributed by atoms with Crippen LogP contribution in [0, 0.1) is 6.92 Å². The summed E-state index contributed by atoms with van der Waals surface area (Å²) in [5.74, 6) is 0.490. The summed E-state index contributed by atoms with van der Waals surface area (Å²) in [5, 5.41) is 3.98. The lowest BCUT2D eigenvalue weighted by Gasteiger charge is -2.23. The van der Waals surface area contributed by atoms with Crippen LogP contribution in [0.5, 0.6) is 0 Å². The summed E-state index contributed by atoms with van der Waals surface area (Å²) in [4.78, 5) is 17.7. The predicted molar refractivity (Wildman–Crippen MR) is 87.2 cm³/mol. The number of amides is 1. The number of rotatable bonds is 3. The van der Waals surface area contributed by atoms with Gasteiger partial charge in [-0.15, -0.1) is 11.3 Å². The molecule has 1 atom stereocenters. The van der Waals surface area contributed by atoms with Crippen LogP contribution in [0.15, 0.2) is 0 Å². The van der Waals surface area contributed by atoms with Gasteiger partial charge in [-0.05, 0) is 33.1 Å². The van der Waals surface area contributed by atoms with Crippen LogP contribution in [0.2, 0.25) is 0 Å². The van der Waals surface area contributed by atoms with Gasteiger partial charge in [0.1, 0.15) is 4.88 Å². The smallest absolute Gasteiger partial charge is 0.263 e. The summed E-state index contributed by atoms with van der Waals surface area (Å²) in [6.07, 6.45) is 5.27. The molecule has 2 fully saturated rings. The minimum absolute atomic E-state index is 0.0269. The fraction of sp³-hybridized carbons (Fsp3) is 0.733. The monoisotopic (exact) mass is 342 g/mol. The third-order valence-electron chi connectivity index (χ3n) is 4.64. The molecule has 0 spiro atoms. The molecule has 1 saturated heterocycles. The zero-order valence-corrected chi connectivity index (χ0v) is 14.6. The fourth-order valence-electron chi connectivity index (χ4n) is 3.42. The van der Waals surface area contributed by atoms with Crippen LogP contribution in [0.1, 0.15) is 65.3 Å². The van der Waals surface area contributed by atoms with Crippen molar-refractivity contribution < 1.29 is 13.2 Å². The quantitative estimate of drug-likeness (QED) is 0.915. The van der Waals surface area contributed by atoms with E-state index in [1.54, 1.807) is 0 Å². The number of aromatic nitrogens is 1. The molecule has 7 heteroatoms. The molecule has 1 amide bonds. The Balaban J connectivity index is 1.75. The highest BCUT2D eigenvalue weighted by atomic mass is 32.2. The normalized spacial score (nSPS) is 28.1. The molecular weight excluding hydrogens is 320 g/mol. The Labute approximate surface area is 135 Å². The van der Waals surface area contributed by atoms with Crippen LogP contribution in [0.4, 0.5) is 0 Å². The highest BCUT2D eigenvalue weighted by Gasteiger charge is 2.40. The number of carbonyl (C=O) groups is 1. The second-order valence-electron chi connectivity index (χ2n) is 6.80. The second-order valence-corrected chi connectivity index (χ2v) is 10.0. The van der Waals surface area contributed by atoms with Crippen molar-refractivity contribution in [3.8, 4) is 0 Å². The SMILES string of the molecule is Cc1nc(C2CCCC2)sc1C(=O)NC1(C)CCS(=O)(=O)C1. The van der Waals surface area contributed by atoms with Gasteiger partial charge in [-0.3, -0.25) is 4.79 Å². The maximum Gasteiger partial charge on any atom is 0.263 e. The van der Waals surface area contributed by atoms with Gasteiger partial charge in [0, 0.05) is 5.92 Å². The van der Waals surface area contributed by atoms with Crippen molar-refractivity contribution in [1.82, 2.24) is 10.3 Å². The lowest BCUT2D eigenvalue weighted by Crippen LogP contribution is -2.46. The molecule has 1 saturated carbocycles. The Bertz CT molecular complexity index is 690. The molecule has 1 aromatic rings. The maximum absolute atomic E-state index is 12.5. The van der Waals surface area contributed by atoms with Crippen molar-refractivity contribution >= 4 is 27.1 Å². The lowest BCUT2D eigenvalue weighted by atomic mass is 10.0. The Morgan fingerprint density at radius 1 is 1.36 bits per heavy atom. The van der Waals surface area contributed by atoms with Crippen molar-refractivity contribution in [3.05, 3.63) is 15.6 Å². The van der Waals surface area contributed by atoms with Crippen LogP contribution in [-0.4, -0.2) is 36.4 Å². The fourth-order valence-corrected chi connectivity index (χ4v) is 6.64. The van der Waals surface area contributed by atoms with E-state index in [0.717, 1.165) is 23.5 Å². The van der Waals surface area contributed by atoms with Gasteiger partial charge >= 0.3 is 0 Å². The van der Waals surface area contributed by atoms with Crippen molar-refractivity contribution in [2.24, 2.45) is 0 Å². The number of sulfone groups is 1. The average molecular weight is 342 g/mol. The largest absolute Gasteiger partial charge is 0.345 e. The number of thiazole rings is 1. The second kappa shape index (κ2) is 5.60. The van der Waals surface area contributed by atoms with Gasteiger partial charge in [-0.1, -0.05) is 12.8 Å². The Morgan fingerprint density at radius 2 is 2.05 bits per heavy atom. The molecule has 0 aromatic carbocycles. The van der Waals surface area contributed by atoms with Crippen molar-refractivity contribution in [1.29, 1.82) is 0 Å². The first-order valence-electron chi connectivity index (χ1n) is 7.78. The van der Waals surface area contributed by atoms with Gasteiger partial charge < -0.3 is 5.32 Å². The molecule has 2 aliphatic rings. The summed E-state index contributed by atoms with van der Waals surface area (Å²) in [7, 11) is -3.03. The minimum Gasteiger partial charge on any atom is -0.345 e. The molecule has 2 heterocycles. The lowest BCUT2D eigenvalue weighted by molar-refractivity contribution is 0.0919.